The number of thioether (sulfide) groups is 1. The van der Waals surface area contributed by atoms with Crippen molar-refractivity contribution >= 4 is 67.1 Å². The first-order valence-corrected chi connectivity index (χ1v) is 19.2. The Kier molecular flexibility index (Phi) is 8.80. The maximum atomic E-state index is 17.4. The summed E-state index contributed by atoms with van der Waals surface area (Å²) in [4.78, 5) is 39.6. The van der Waals surface area contributed by atoms with Crippen molar-refractivity contribution in [2.45, 2.75) is 102 Å². The number of ether oxygens (including phenoxy) is 2. The van der Waals surface area contributed by atoms with Crippen molar-refractivity contribution in [2.24, 2.45) is 5.92 Å². The molecule has 2 saturated heterocycles. The quantitative estimate of drug-likeness (QED) is 0.161. The van der Waals surface area contributed by atoms with Crippen LogP contribution in [-0.2, 0) is 15.9 Å². The van der Waals surface area contributed by atoms with E-state index in [-0.39, 0.29) is 78.3 Å². The Hall–Kier alpha value is -4.29. The Balaban J connectivity index is 1.42. The van der Waals surface area contributed by atoms with Crippen molar-refractivity contribution in [3.8, 4) is 17.2 Å². The second-order valence-corrected chi connectivity index (χ2v) is 17.4. The lowest BCUT2D eigenvalue weighted by Crippen LogP contribution is -2.63. The zero-order valence-corrected chi connectivity index (χ0v) is 31.7. The molecular weight excluding hydrogens is 714 g/mol. The van der Waals surface area contributed by atoms with Crippen molar-refractivity contribution in [1.82, 2.24) is 14.9 Å². The molecule has 10 nitrogen and oxygen atoms in total. The van der Waals surface area contributed by atoms with Crippen LogP contribution in [0.5, 0.6) is 0 Å². The van der Waals surface area contributed by atoms with E-state index in [4.69, 9.17) is 14.5 Å². The predicted octanol–water partition coefficient (Wildman–Crippen LogP) is 9.02. The summed E-state index contributed by atoms with van der Waals surface area (Å²) in [6, 6.07) is 3.65. The van der Waals surface area contributed by atoms with E-state index < -0.39 is 46.4 Å². The Morgan fingerprint density at radius 3 is 2.40 bits per heavy atom. The fourth-order valence-corrected chi connectivity index (χ4v) is 9.41. The van der Waals surface area contributed by atoms with Gasteiger partial charge in [-0.1, -0.05) is 24.8 Å². The number of carbonyl (C=O) groups excluding carboxylic acids is 2. The standard InChI is InChI=1S/C37H39F3N6O4S2/c1-16-13-19-25-28(42-33(51-8)43-31(25)45-15-17-9-12-22(29(16)45)46(17)35(48)50-37(5,6)7)27(40)24(26(19)39)18-10-11-21(38)30-23(18)20(14-41)32(52-30)44-34(47)49-36(2,3)4/h10-11,16-17,22,29H,9,12-13,15H2,1-8H3,(H,44,47)/t16-,17?,22?,29-/m0/s1. The van der Waals surface area contributed by atoms with Crippen LogP contribution in [0.3, 0.4) is 0 Å². The number of hydrogen-bond acceptors (Lipinski definition) is 10. The van der Waals surface area contributed by atoms with Gasteiger partial charge in [-0.2, -0.15) is 5.26 Å². The highest BCUT2D eigenvalue weighted by Crippen LogP contribution is 2.50. The number of benzene rings is 2. The summed E-state index contributed by atoms with van der Waals surface area (Å²) in [5, 5.41) is 13.3. The second kappa shape index (κ2) is 12.7. The van der Waals surface area contributed by atoms with Gasteiger partial charge in [0.15, 0.2) is 11.0 Å². The fourth-order valence-electron chi connectivity index (χ4n) is 7.98. The van der Waals surface area contributed by atoms with Crippen LogP contribution in [0.15, 0.2) is 17.3 Å². The van der Waals surface area contributed by atoms with E-state index in [1.54, 1.807) is 27.0 Å². The summed E-state index contributed by atoms with van der Waals surface area (Å²) in [7, 11) is 0. The number of anilines is 2. The molecular formula is C37H39F3N6O4S2. The molecule has 0 spiro atoms. The van der Waals surface area contributed by atoms with E-state index in [1.807, 2.05) is 38.7 Å². The maximum Gasteiger partial charge on any atom is 0.412 e. The van der Waals surface area contributed by atoms with Gasteiger partial charge in [0.1, 0.15) is 45.2 Å². The van der Waals surface area contributed by atoms with Crippen molar-refractivity contribution in [1.29, 1.82) is 5.26 Å². The number of halogens is 3. The van der Waals surface area contributed by atoms with Gasteiger partial charge >= 0.3 is 12.2 Å². The molecule has 15 heteroatoms. The molecule has 3 aliphatic rings. The normalized spacial score (nSPS) is 21.2. The number of thiophene rings is 1. The summed E-state index contributed by atoms with van der Waals surface area (Å²) in [5.41, 5.74) is -2.08. The van der Waals surface area contributed by atoms with E-state index in [0.717, 1.165) is 30.2 Å². The molecule has 0 radical (unpaired) electrons. The van der Waals surface area contributed by atoms with E-state index in [9.17, 15) is 14.9 Å². The first-order chi connectivity index (χ1) is 24.4. The maximum absolute atomic E-state index is 17.4. The topological polar surface area (TPSA) is 121 Å². The number of aromatic nitrogens is 2. The molecule has 4 atom stereocenters. The largest absolute Gasteiger partial charge is 0.444 e. The molecule has 2 aromatic heterocycles. The van der Waals surface area contributed by atoms with Gasteiger partial charge in [-0.15, -0.1) is 11.3 Å². The van der Waals surface area contributed by atoms with Crippen molar-refractivity contribution in [3.05, 3.63) is 40.7 Å². The molecule has 274 valence electrons. The second-order valence-electron chi connectivity index (χ2n) is 15.6. The zero-order chi connectivity index (χ0) is 37.6. The van der Waals surface area contributed by atoms with Crippen LogP contribution in [0.1, 0.15) is 72.4 Å². The number of rotatable bonds is 3. The molecule has 1 N–H and O–H groups in total. The van der Waals surface area contributed by atoms with Crippen molar-refractivity contribution in [2.75, 3.05) is 23.0 Å². The van der Waals surface area contributed by atoms with Crippen molar-refractivity contribution in [3.63, 3.8) is 0 Å². The summed E-state index contributed by atoms with van der Waals surface area (Å²) in [6.45, 7) is 12.9. The van der Waals surface area contributed by atoms with Crippen LogP contribution in [0.2, 0.25) is 0 Å². The Morgan fingerprint density at radius 2 is 1.75 bits per heavy atom. The zero-order valence-electron chi connectivity index (χ0n) is 30.1. The molecule has 4 aromatic rings. The number of piperazine rings is 1. The molecule has 2 unspecified atom stereocenters. The van der Waals surface area contributed by atoms with Gasteiger partial charge in [-0.3, -0.25) is 10.2 Å². The SMILES string of the molecule is CSc1nc2c3c(c(F)c(-c4ccc(F)c5sc(NC(=O)OC(C)(C)C)c(C#N)c45)c(F)c3n1)C[C@H](C)[C@H]1C3CCC(CN21)N3C(=O)OC(C)(C)C. The van der Waals surface area contributed by atoms with Gasteiger partial charge in [0.25, 0.3) is 0 Å². The van der Waals surface area contributed by atoms with Gasteiger partial charge in [-0.25, -0.2) is 32.7 Å². The average molecular weight is 753 g/mol. The number of hydrogen-bond donors (Lipinski definition) is 1. The molecule has 2 amide bonds. The molecule has 3 aliphatic heterocycles. The third-order valence-electron chi connectivity index (χ3n) is 9.75. The minimum Gasteiger partial charge on any atom is -0.444 e. The Bertz CT molecular complexity index is 2210. The van der Waals surface area contributed by atoms with E-state index in [1.165, 1.54) is 17.8 Å². The first kappa shape index (κ1) is 36.1. The lowest BCUT2D eigenvalue weighted by molar-refractivity contribution is 0.00488. The number of carbonyl (C=O) groups is 2. The summed E-state index contributed by atoms with van der Waals surface area (Å²) < 4.78 is 61.0. The van der Waals surface area contributed by atoms with Gasteiger partial charge in [0, 0.05) is 17.5 Å². The highest BCUT2D eigenvalue weighted by atomic mass is 32.2. The van der Waals surface area contributed by atoms with E-state index in [2.05, 4.69) is 15.2 Å². The monoisotopic (exact) mass is 752 g/mol. The third kappa shape index (κ3) is 5.97. The van der Waals surface area contributed by atoms with Gasteiger partial charge in [-0.05, 0) is 84.6 Å². The minimum absolute atomic E-state index is 0.0118. The number of nitrogens with one attached hydrogen (secondary N) is 1. The number of nitrogens with zero attached hydrogens (tertiary/aromatic N) is 5. The lowest BCUT2D eigenvalue weighted by Gasteiger charge is -2.49. The Morgan fingerprint density at radius 1 is 1.04 bits per heavy atom. The van der Waals surface area contributed by atoms with Gasteiger partial charge in [0.2, 0.25) is 0 Å². The Labute approximate surface area is 307 Å². The molecule has 0 aliphatic carbocycles. The van der Waals surface area contributed by atoms with Gasteiger partial charge in [0.05, 0.1) is 39.3 Å². The number of fused-ring (bicyclic) bond motifs is 6. The van der Waals surface area contributed by atoms with Crippen LogP contribution in [0.4, 0.5) is 33.6 Å². The van der Waals surface area contributed by atoms with Crippen LogP contribution in [0.25, 0.3) is 32.1 Å². The van der Waals surface area contributed by atoms with Crippen LogP contribution in [-0.4, -0.2) is 69.2 Å². The van der Waals surface area contributed by atoms with Gasteiger partial charge < -0.3 is 14.4 Å². The van der Waals surface area contributed by atoms with Crippen LogP contribution < -0.4 is 10.2 Å². The number of nitriles is 1. The molecule has 2 aromatic carbocycles. The summed E-state index contributed by atoms with van der Waals surface area (Å²) in [5.74, 6) is -2.38. The first-order valence-electron chi connectivity index (χ1n) is 17.1. The average Bonchev–Trinajstić information content (AvgIpc) is 3.53. The third-order valence-corrected chi connectivity index (χ3v) is 11.4. The highest BCUT2D eigenvalue weighted by Gasteiger charge is 2.53. The van der Waals surface area contributed by atoms with Crippen LogP contribution in [0, 0.1) is 34.7 Å². The molecule has 2 fully saturated rings. The summed E-state index contributed by atoms with van der Waals surface area (Å²) in [6.07, 6.45) is 2.16. The highest BCUT2D eigenvalue weighted by molar-refractivity contribution is 7.98. The summed E-state index contributed by atoms with van der Waals surface area (Å²) >= 11 is 2.00. The lowest BCUT2D eigenvalue weighted by atomic mass is 9.86. The van der Waals surface area contributed by atoms with E-state index in [0.29, 0.717) is 12.4 Å². The molecule has 7 rings (SSSR count). The molecule has 0 saturated carbocycles. The van der Waals surface area contributed by atoms with E-state index >= 15 is 13.2 Å². The number of amides is 2. The fraction of sp³-hybridized carbons (Fsp3) is 0.486. The van der Waals surface area contributed by atoms with Crippen molar-refractivity contribution < 1.29 is 32.2 Å². The molecule has 52 heavy (non-hydrogen) atoms. The molecule has 5 heterocycles. The van der Waals surface area contributed by atoms with Crippen LogP contribution >= 0.6 is 23.1 Å². The minimum atomic E-state index is -0.971. The molecule has 2 bridgehead atoms. The predicted molar refractivity (Wildman–Crippen MR) is 195 cm³/mol. The smallest absolute Gasteiger partial charge is 0.412 e.